The number of furan rings is 1. The van der Waals surface area contributed by atoms with Crippen LogP contribution in [0.4, 0.5) is 0 Å². The van der Waals surface area contributed by atoms with E-state index in [-0.39, 0.29) is 43.4 Å². The number of benzene rings is 1. The van der Waals surface area contributed by atoms with E-state index >= 15 is 0 Å². The lowest BCUT2D eigenvalue weighted by atomic mass is 10.3. The molecule has 28 heavy (non-hydrogen) atoms. The second-order valence-corrected chi connectivity index (χ2v) is 8.19. The van der Waals surface area contributed by atoms with Crippen LogP contribution in [0, 0.1) is 0 Å². The highest BCUT2D eigenvalue weighted by Crippen LogP contribution is 2.48. The van der Waals surface area contributed by atoms with Crippen LogP contribution in [0.2, 0.25) is 25.1 Å². The number of aromatic nitrogens is 2. The van der Waals surface area contributed by atoms with Gasteiger partial charge in [0, 0.05) is 0 Å². The number of nitrogens with zero attached hydrogens (tertiary/aromatic N) is 2. The van der Waals surface area contributed by atoms with Crippen molar-refractivity contribution in [1.29, 1.82) is 0 Å². The second kappa shape index (κ2) is 8.14. The van der Waals surface area contributed by atoms with Gasteiger partial charge in [0.05, 0.1) is 19.9 Å². The molecule has 0 atom stereocenters. The monoisotopic (exact) mass is 494 g/mol. The van der Waals surface area contributed by atoms with E-state index in [0.29, 0.717) is 17.3 Å². The smallest absolute Gasteiger partial charge is 0.293 e. The van der Waals surface area contributed by atoms with E-state index in [0.717, 1.165) is 4.88 Å². The van der Waals surface area contributed by atoms with Crippen molar-refractivity contribution in [1.82, 2.24) is 10.1 Å². The van der Waals surface area contributed by atoms with Crippen LogP contribution in [0.1, 0.15) is 5.76 Å². The highest BCUT2D eigenvalue weighted by atomic mass is 35.5. The summed E-state index contributed by atoms with van der Waals surface area (Å²) in [5, 5.41) is 6.17. The Hall–Kier alpha value is -1.41. The maximum Gasteiger partial charge on any atom is 0.293 e. The van der Waals surface area contributed by atoms with Crippen molar-refractivity contribution in [3.8, 4) is 28.1 Å². The van der Waals surface area contributed by atoms with Gasteiger partial charge in [0.2, 0.25) is 5.82 Å². The van der Waals surface area contributed by atoms with E-state index in [2.05, 4.69) is 10.1 Å². The van der Waals surface area contributed by atoms with Crippen molar-refractivity contribution in [2.24, 2.45) is 0 Å². The largest absolute Gasteiger partial charge is 0.482 e. The first-order chi connectivity index (χ1) is 13.5. The fourth-order valence-corrected chi connectivity index (χ4v) is 4.13. The zero-order valence-electron chi connectivity index (χ0n) is 13.5. The van der Waals surface area contributed by atoms with Gasteiger partial charge < -0.3 is 13.7 Å². The molecule has 0 amide bonds. The fraction of sp³-hybridized carbons (Fsp3) is 0.0588. The van der Waals surface area contributed by atoms with Crippen LogP contribution in [0.5, 0.6) is 5.75 Å². The van der Waals surface area contributed by atoms with E-state index in [1.165, 1.54) is 11.3 Å². The average Bonchev–Trinajstić information content (AvgIpc) is 3.45. The molecule has 0 N–H and O–H groups in total. The summed E-state index contributed by atoms with van der Waals surface area (Å²) in [5.41, 5.74) is 0. The predicted octanol–water partition coefficient (Wildman–Crippen LogP) is 7.90. The van der Waals surface area contributed by atoms with E-state index in [1.54, 1.807) is 12.1 Å². The molecule has 0 saturated carbocycles. The predicted molar refractivity (Wildman–Crippen MR) is 111 cm³/mol. The van der Waals surface area contributed by atoms with Gasteiger partial charge in [-0.2, -0.15) is 4.98 Å². The molecule has 0 bridgehead atoms. The topological polar surface area (TPSA) is 61.3 Å². The first-order valence-corrected chi connectivity index (χ1v) is 10.3. The van der Waals surface area contributed by atoms with Crippen molar-refractivity contribution in [2.75, 3.05) is 0 Å². The Morgan fingerprint density at radius 1 is 0.929 bits per heavy atom. The van der Waals surface area contributed by atoms with E-state index in [1.807, 2.05) is 17.5 Å². The van der Waals surface area contributed by atoms with Crippen molar-refractivity contribution < 1.29 is 13.7 Å². The van der Waals surface area contributed by atoms with Crippen molar-refractivity contribution in [3.05, 3.63) is 60.5 Å². The number of thiophene rings is 1. The lowest BCUT2D eigenvalue weighted by Crippen LogP contribution is -1.96. The number of rotatable bonds is 5. The minimum atomic E-state index is 0.0135. The summed E-state index contributed by atoms with van der Waals surface area (Å²) in [6, 6.07) is 7.20. The number of hydrogen-bond acceptors (Lipinski definition) is 6. The Morgan fingerprint density at radius 2 is 1.64 bits per heavy atom. The molecular weight excluding hydrogens is 490 g/mol. The quantitative estimate of drug-likeness (QED) is 0.208. The molecule has 5 nitrogen and oxygen atoms in total. The third-order valence-electron chi connectivity index (χ3n) is 3.57. The minimum absolute atomic E-state index is 0.0135. The molecule has 4 aromatic rings. The van der Waals surface area contributed by atoms with Gasteiger partial charge in [0.25, 0.3) is 5.89 Å². The molecule has 144 valence electrons. The third-order valence-corrected chi connectivity index (χ3v) is 6.68. The summed E-state index contributed by atoms with van der Waals surface area (Å²) in [6.07, 6.45) is 0. The van der Waals surface area contributed by atoms with Crippen LogP contribution in [0.25, 0.3) is 22.4 Å². The Kier molecular flexibility index (Phi) is 5.78. The summed E-state index contributed by atoms with van der Waals surface area (Å²) in [7, 11) is 0. The van der Waals surface area contributed by atoms with Gasteiger partial charge >= 0.3 is 0 Å². The van der Waals surface area contributed by atoms with Crippen LogP contribution in [0.3, 0.4) is 0 Å². The van der Waals surface area contributed by atoms with Crippen LogP contribution < -0.4 is 4.74 Å². The summed E-state index contributed by atoms with van der Waals surface area (Å²) in [6.45, 7) is 0.0135. The van der Waals surface area contributed by atoms with Gasteiger partial charge in [0.1, 0.15) is 22.4 Å². The Morgan fingerprint density at radius 3 is 2.32 bits per heavy atom. The lowest BCUT2D eigenvalue weighted by Gasteiger charge is -2.12. The SMILES string of the molecule is Clc1c(Cl)c(Cl)c(OCc2ccc(-c3nc(-c4cccs4)no3)o2)c(Cl)c1Cl. The summed E-state index contributed by atoms with van der Waals surface area (Å²) < 4.78 is 16.6. The zero-order valence-corrected chi connectivity index (χ0v) is 18.1. The summed E-state index contributed by atoms with van der Waals surface area (Å²) in [4.78, 5) is 5.22. The van der Waals surface area contributed by atoms with Gasteiger partial charge in [0.15, 0.2) is 11.5 Å². The molecule has 0 aliphatic heterocycles. The zero-order chi connectivity index (χ0) is 19.8. The van der Waals surface area contributed by atoms with Crippen molar-refractivity contribution in [2.45, 2.75) is 6.61 Å². The molecule has 0 aliphatic rings. The van der Waals surface area contributed by atoms with E-state index in [9.17, 15) is 0 Å². The van der Waals surface area contributed by atoms with Crippen molar-refractivity contribution in [3.63, 3.8) is 0 Å². The van der Waals surface area contributed by atoms with Crippen LogP contribution in [-0.4, -0.2) is 10.1 Å². The summed E-state index contributed by atoms with van der Waals surface area (Å²) in [5.74, 6) is 1.73. The second-order valence-electron chi connectivity index (χ2n) is 5.35. The van der Waals surface area contributed by atoms with Crippen molar-refractivity contribution >= 4 is 69.3 Å². The van der Waals surface area contributed by atoms with Gasteiger partial charge in [-0.15, -0.1) is 11.3 Å². The van der Waals surface area contributed by atoms with Gasteiger partial charge in [-0.3, -0.25) is 0 Å². The molecule has 11 heteroatoms. The molecule has 4 rings (SSSR count). The van der Waals surface area contributed by atoms with Crippen LogP contribution in [-0.2, 0) is 6.61 Å². The molecular formula is C17H7Cl5N2O3S. The molecule has 1 aromatic carbocycles. The highest BCUT2D eigenvalue weighted by molar-refractivity contribution is 7.13. The molecule has 3 aromatic heterocycles. The molecule has 0 radical (unpaired) electrons. The highest BCUT2D eigenvalue weighted by Gasteiger charge is 2.21. The lowest BCUT2D eigenvalue weighted by molar-refractivity contribution is 0.271. The average molecular weight is 497 g/mol. The number of hydrogen-bond donors (Lipinski definition) is 0. The first kappa shape index (κ1) is 19.9. The first-order valence-electron chi connectivity index (χ1n) is 7.56. The third kappa shape index (κ3) is 3.73. The van der Waals surface area contributed by atoms with Gasteiger partial charge in [-0.05, 0) is 23.6 Å². The normalized spacial score (nSPS) is 11.2. The maximum absolute atomic E-state index is 6.15. The number of halogens is 5. The fourth-order valence-electron chi connectivity index (χ4n) is 2.25. The van der Waals surface area contributed by atoms with E-state index in [4.69, 9.17) is 71.7 Å². The van der Waals surface area contributed by atoms with Crippen LogP contribution >= 0.6 is 69.3 Å². The Bertz CT molecular complexity index is 1110. The van der Waals surface area contributed by atoms with Gasteiger partial charge in [-0.25, -0.2) is 0 Å². The van der Waals surface area contributed by atoms with Crippen LogP contribution in [0.15, 0.2) is 38.6 Å². The molecule has 0 unspecified atom stereocenters. The maximum atomic E-state index is 6.15. The van der Waals surface area contributed by atoms with E-state index < -0.39 is 0 Å². The van der Waals surface area contributed by atoms with Gasteiger partial charge in [-0.1, -0.05) is 69.2 Å². The molecule has 0 spiro atoms. The summed E-state index contributed by atoms with van der Waals surface area (Å²) >= 11 is 31.8. The molecule has 0 fully saturated rings. The standard InChI is InChI=1S/C17H7Cl5N2O3S/c18-10-11(19)13(21)15(14(22)12(10)20)25-6-7-3-4-8(26-7)17-23-16(24-27-17)9-2-1-5-28-9/h1-5H,6H2. The molecule has 0 aliphatic carbocycles. The molecule has 0 saturated heterocycles. The number of ether oxygens (including phenoxy) is 1. The Labute approximate surface area is 187 Å². The minimum Gasteiger partial charge on any atom is -0.482 e. The Balaban J connectivity index is 1.52. The molecule has 3 heterocycles.